The Hall–Kier alpha value is -3.03. The molecule has 0 saturated carbocycles. The molecule has 32 heavy (non-hydrogen) atoms. The Morgan fingerprint density at radius 3 is 2.31 bits per heavy atom. The summed E-state index contributed by atoms with van der Waals surface area (Å²) in [6.45, 7) is 6.29. The molecule has 0 spiro atoms. The van der Waals surface area contributed by atoms with Gasteiger partial charge in [0, 0.05) is 19.1 Å². The Balaban J connectivity index is 1.54. The van der Waals surface area contributed by atoms with Crippen LogP contribution in [0.15, 0.2) is 36.4 Å². The molecule has 8 heteroatoms. The lowest BCUT2D eigenvalue weighted by Crippen LogP contribution is -2.49. The van der Waals surface area contributed by atoms with Gasteiger partial charge in [-0.25, -0.2) is 13.2 Å². The van der Waals surface area contributed by atoms with E-state index in [0.717, 1.165) is 17.7 Å². The number of amides is 2. The molecule has 1 unspecified atom stereocenters. The average molecular weight is 448 g/mol. The minimum Gasteiger partial charge on any atom is -0.481 e. The molecule has 2 aromatic rings. The van der Waals surface area contributed by atoms with Gasteiger partial charge in [-0.15, -0.1) is 0 Å². The number of carbonyl (C=O) groups excluding carboxylic acids is 2. The summed E-state index contributed by atoms with van der Waals surface area (Å²) in [5, 5.41) is 2.93. The highest BCUT2D eigenvalue weighted by atomic mass is 19.2. The number of ether oxygens (including phenoxy) is 1. The third-order valence-corrected chi connectivity index (χ3v) is 5.61. The second kappa shape index (κ2) is 10.1. The maximum absolute atomic E-state index is 13.9. The van der Waals surface area contributed by atoms with Crippen molar-refractivity contribution in [2.24, 2.45) is 0 Å². The normalized spacial score (nSPS) is 15.5. The van der Waals surface area contributed by atoms with E-state index in [-0.39, 0.29) is 31.0 Å². The highest BCUT2D eigenvalue weighted by Crippen LogP contribution is 2.27. The SMILES string of the molecule is CC(Oc1ccccc1C(C)C)C(=O)NC1CCN(C(=O)c2ccc(F)c(F)c2F)CC1. The van der Waals surface area contributed by atoms with Crippen molar-refractivity contribution in [2.45, 2.75) is 51.7 Å². The molecule has 0 aliphatic carbocycles. The smallest absolute Gasteiger partial charge is 0.260 e. The number of piperidine rings is 1. The van der Waals surface area contributed by atoms with Crippen molar-refractivity contribution in [1.29, 1.82) is 0 Å². The summed E-state index contributed by atoms with van der Waals surface area (Å²) in [6, 6.07) is 9.08. The molecule has 1 N–H and O–H groups in total. The molecule has 172 valence electrons. The van der Waals surface area contributed by atoms with Gasteiger partial charge < -0.3 is 15.0 Å². The predicted octanol–water partition coefficient (Wildman–Crippen LogP) is 4.42. The van der Waals surface area contributed by atoms with Gasteiger partial charge in [0.1, 0.15) is 5.75 Å². The predicted molar refractivity (Wildman–Crippen MR) is 114 cm³/mol. The minimum atomic E-state index is -1.66. The van der Waals surface area contributed by atoms with Crippen LogP contribution < -0.4 is 10.1 Å². The molecule has 1 atom stereocenters. The molecular weight excluding hydrogens is 421 g/mol. The molecule has 1 fully saturated rings. The summed E-state index contributed by atoms with van der Waals surface area (Å²) in [4.78, 5) is 26.5. The Morgan fingerprint density at radius 1 is 1.00 bits per heavy atom. The van der Waals surface area contributed by atoms with Crippen molar-refractivity contribution >= 4 is 11.8 Å². The molecule has 5 nitrogen and oxygen atoms in total. The van der Waals surface area contributed by atoms with Crippen molar-refractivity contribution in [3.63, 3.8) is 0 Å². The van der Waals surface area contributed by atoms with Gasteiger partial charge in [0.15, 0.2) is 23.6 Å². The van der Waals surface area contributed by atoms with E-state index in [1.165, 1.54) is 4.90 Å². The van der Waals surface area contributed by atoms with E-state index in [1.54, 1.807) is 6.92 Å². The van der Waals surface area contributed by atoms with Crippen LogP contribution in [0.25, 0.3) is 0 Å². The van der Waals surface area contributed by atoms with Gasteiger partial charge >= 0.3 is 0 Å². The molecule has 1 saturated heterocycles. The molecule has 0 bridgehead atoms. The Morgan fingerprint density at radius 2 is 1.66 bits per heavy atom. The van der Waals surface area contributed by atoms with E-state index >= 15 is 0 Å². The Kier molecular flexibility index (Phi) is 7.43. The lowest BCUT2D eigenvalue weighted by Gasteiger charge is -2.33. The second-order valence-corrected chi connectivity index (χ2v) is 8.25. The van der Waals surface area contributed by atoms with Gasteiger partial charge in [0.05, 0.1) is 5.56 Å². The van der Waals surface area contributed by atoms with E-state index < -0.39 is 35.0 Å². The molecular formula is C24H27F3N2O3. The summed E-state index contributed by atoms with van der Waals surface area (Å²) in [5.74, 6) is -4.54. The number of halogens is 3. The maximum Gasteiger partial charge on any atom is 0.260 e. The van der Waals surface area contributed by atoms with Gasteiger partial charge in [-0.1, -0.05) is 32.0 Å². The van der Waals surface area contributed by atoms with Crippen molar-refractivity contribution < 1.29 is 27.5 Å². The number of hydrogen-bond donors (Lipinski definition) is 1. The molecule has 2 amide bonds. The first-order valence-electron chi connectivity index (χ1n) is 10.7. The number of nitrogens with one attached hydrogen (secondary N) is 1. The Labute approximate surface area is 185 Å². The summed E-state index contributed by atoms with van der Waals surface area (Å²) >= 11 is 0. The second-order valence-electron chi connectivity index (χ2n) is 8.25. The fourth-order valence-corrected chi connectivity index (χ4v) is 3.72. The van der Waals surface area contributed by atoms with Crippen LogP contribution in [0.3, 0.4) is 0 Å². The number of para-hydroxylation sites is 1. The molecule has 1 aliphatic heterocycles. The first-order valence-corrected chi connectivity index (χ1v) is 10.7. The number of benzene rings is 2. The highest BCUT2D eigenvalue weighted by Gasteiger charge is 2.29. The summed E-state index contributed by atoms with van der Waals surface area (Å²) in [5.41, 5.74) is 0.514. The van der Waals surface area contributed by atoms with Gasteiger partial charge in [-0.3, -0.25) is 9.59 Å². The summed E-state index contributed by atoms with van der Waals surface area (Å²) in [6.07, 6.45) is 0.210. The standard InChI is InChI=1S/C24H27F3N2O3/c1-14(2)17-6-4-5-7-20(17)32-15(3)23(30)28-16-10-12-29(13-11-16)24(31)18-8-9-19(25)22(27)21(18)26/h4-9,14-16H,10-13H2,1-3H3,(H,28,30). The monoisotopic (exact) mass is 448 g/mol. The number of nitrogens with zero attached hydrogens (tertiary/aromatic N) is 1. The number of likely N-dealkylation sites (tertiary alicyclic amines) is 1. The first kappa shape index (κ1) is 23.6. The van der Waals surface area contributed by atoms with Crippen molar-refractivity contribution in [2.75, 3.05) is 13.1 Å². The molecule has 0 radical (unpaired) electrons. The third kappa shape index (κ3) is 5.23. The highest BCUT2D eigenvalue weighted by molar-refractivity contribution is 5.94. The molecule has 0 aromatic heterocycles. The van der Waals surface area contributed by atoms with Crippen LogP contribution in [0.4, 0.5) is 13.2 Å². The van der Waals surface area contributed by atoms with Crippen LogP contribution in [0.2, 0.25) is 0 Å². The van der Waals surface area contributed by atoms with Crippen molar-refractivity contribution in [1.82, 2.24) is 10.2 Å². The minimum absolute atomic E-state index is 0.173. The number of hydrogen-bond acceptors (Lipinski definition) is 3. The van der Waals surface area contributed by atoms with Crippen LogP contribution in [0, 0.1) is 17.5 Å². The number of rotatable bonds is 6. The molecule has 2 aromatic carbocycles. The van der Waals surface area contributed by atoms with Crippen LogP contribution in [0.1, 0.15) is 55.5 Å². The van der Waals surface area contributed by atoms with Crippen molar-refractivity contribution in [3.8, 4) is 5.75 Å². The zero-order valence-corrected chi connectivity index (χ0v) is 18.3. The molecule has 3 rings (SSSR count). The average Bonchev–Trinajstić information content (AvgIpc) is 2.78. The van der Waals surface area contributed by atoms with Crippen LogP contribution in [0.5, 0.6) is 5.75 Å². The largest absolute Gasteiger partial charge is 0.481 e. The lowest BCUT2D eigenvalue weighted by molar-refractivity contribution is -0.128. The molecule has 1 aliphatic rings. The summed E-state index contributed by atoms with van der Waals surface area (Å²) in [7, 11) is 0. The number of carbonyl (C=O) groups is 2. The van der Waals surface area contributed by atoms with E-state index in [9.17, 15) is 22.8 Å². The topological polar surface area (TPSA) is 58.6 Å². The van der Waals surface area contributed by atoms with Crippen LogP contribution in [-0.4, -0.2) is 41.9 Å². The zero-order chi connectivity index (χ0) is 23.4. The fourth-order valence-electron chi connectivity index (χ4n) is 3.72. The third-order valence-electron chi connectivity index (χ3n) is 5.61. The van der Waals surface area contributed by atoms with Crippen molar-refractivity contribution in [3.05, 3.63) is 65.0 Å². The quantitative estimate of drug-likeness (QED) is 0.666. The van der Waals surface area contributed by atoms with Gasteiger partial charge in [-0.2, -0.15) is 0 Å². The molecule has 1 heterocycles. The van der Waals surface area contributed by atoms with E-state index in [0.29, 0.717) is 18.6 Å². The van der Waals surface area contributed by atoms with E-state index in [4.69, 9.17) is 4.74 Å². The Bertz CT molecular complexity index is 988. The van der Waals surface area contributed by atoms with Gasteiger partial charge in [0.2, 0.25) is 0 Å². The van der Waals surface area contributed by atoms with Crippen LogP contribution in [-0.2, 0) is 4.79 Å². The van der Waals surface area contributed by atoms with E-state index in [2.05, 4.69) is 5.32 Å². The van der Waals surface area contributed by atoms with E-state index in [1.807, 2.05) is 38.1 Å². The fraction of sp³-hybridized carbons (Fsp3) is 0.417. The van der Waals surface area contributed by atoms with Gasteiger partial charge in [-0.05, 0) is 49.4 Å². The first-order chi connectivity index (χ1) is 15.2. The lowest BCUT2D eigenvalue weighted by atomic mass is 10.0. The summed E-state index contributed by atoms with van der Waals surface area (Å²) < 4.78 is 46.4. The zero-order valence-electron chi connectivity index (χ0n) is 18.3. The van der Waals surface area contributed by atoms with Gasteiger partial charge in [0.25, 0.3) is 11.8 Å². The maximum atomic E-state index is 13.9. The van der Waals surface area contributed by atoms with Crippen LogP contribution >= 0.6 is 0 Å².